The Labute approximate surface area is 109 Å². The summed E-state index contributed by atoms with van der Waals surface area (Å²) in [5, 5.41) is 0. The minimum atomic E-state index is 1.08. The second kappa shape index (κ2) is 4.13. The highest BCUT2D eigenvalue weighted by atomic mass is 14.2. The molecular weight excluding hydrogens is 216 g/mol. The summed E-state index contributed by atoms with van der Waals surface area (Å²) in [6.07, 6.45) is 1.08. The molecule has 0 fully saturated rings. The molecule has 0 nitrogen and oxygen atoms in total. The summed E-state index contributed by atoms with van der Waals surface area (Å²) in [4.78, 5) is 0. The first-order valence-electron chi connectivity index (χ1n) is 6.52. The molecule has 0 radical (unpaired) electrons. The van der Waals surface area contributed by atoms with Gasteiger partial charge in [0.15, 0.2) is 0 Å². The number of benzene rings is 2. The van der Waals surface area contributed by atoms with Crippen molar-refractivity contribution in [3.05, 3.63) is 70.3 Å². The van der Waals surface area contributed by atoms with E-state index in [4.69, 9.17) is 0 Å². The van der Waals surface area contributed by atoms with Gasteiger partial charge in [0.05, 0.1) is 0 Å². The SMILES string of the molecule is CC1=C(c2ccc(C)cc2)Cc2cccc(C)c21. The molecule has 0 N–H and O–H groups in total. The van der Waals surface area contributed by atoms with Gasteiger partial charge in [0.25, 0.3) is 0 Å². The maximum absolute atomic E-state index is 2.26. The molecule has 90 valence electrons. The molecule has 0 atom stereocenters. The van der Waals surface area contributed by atoms with E-state index in [9.17, 15) is 0 Å². The first-order valence-corrected chi connectivity index (χ1v) is 6.52. The Hall–Kier alpha value is -1.82. The average molecular weight is 234 g/mol. The maximum Gasteiger partial charge on any atom is -0.00108 e. The lowest BCUT2D eigenvalue weighted by Gasteiger charge is -2.06. The van der Waals surface area contributed by atoms with E-state index in [-0.39, 0.29) is 0 Å². The van der Waals surface area contributed by atoms with Crippen molar-refractivity contribution in [3.8, 4) is 0 Å². The van der Waals surface area contributed by atoms with Gasteiger partial charge in [-0.25, -0.2) is 0 Å². The molecule has 0 aromatic heterocycles. The molecule has 0 unspecified atom stereocenters. The van der Waals surface area contributed by atoms with E-state index in [2.05, 4.69) is 63.2 Å². The van der Waals surface area contributed by atoms with Crippen LogP contribution in [0.5, 0.6) is 0 Å². The minimum Gasteiger partial charge on any atom is -0.0617 e. The van der Waals surface area contributed by atoms with Crippen LogP contribution in [0.2, 0.25) is 0 Å². The number of hydrogen-bond donors (Lipinski definition) is 0. The third-order valence-corrected chi connectivity index (χ3v) is 3.95. The van der Waals surface area contributed by atoms with Gasteiger partial charge in [-0.05, 0) is 60.6 Å². The predicted molar refractivity (Wildman–Crippen MR) is 78.6 cm³/mol. The molecule has 3 rings (SSSR count). The number of fused-ring (bicyclic) bond motifs is 1. The zero-order valence-corrected chi connectivity index (χ0v) is 11.2. The highest BCUT2D eigenvalue weighted by Crippen LogP contribution is 2.39. The van der Waals surface area contributed by atoms with Crippen molar-refractivity contribution in [2.45, 2.75) is 27.2 Å². The number of hydrogen-bond acceptors (Lipinski definition) is 0. The van der Waals surface area contributed by atoms with Crippen molar-refractivity contribution in [1.82, 2.24) is 0 Å². The van der Waals surface area contributed by atoms with Gasteiger partial charge in [-0.15, -0.1) is 0 Å². The van der Waals surface area contributed by atoms with Crippen LogP contribution in [0.4, 0.5) is 0 Å². The van der Waals surface area contributed by atoms with E-state index in [1.165, 1.54) is 39.0 Å². The summed E-state index contributed by atoms with van der Waals surface area (Å²) in [5.41, 5.74) is 9.96. The highest BCUT2D eigenvalue weighted by Gasteiger charge is 2.20. The van der Waals surface area contributed by atoms with E-state index in [1.807, 2.05) is 0 Å². The van der Waals surface area contributed by atoms with Gasteiger partial charge in [0.2, 0.25) is 0 Å². The second-order valence-electron chi connectivity index (χ2n) is 5.26. The molecule has 0 saturated heterocycles. The number of aryl methyl sites for hydroxylation is 2. The van der Waals surface area contributed by atoms with E-state index < -0.39 is 0 Å². The smallest absolute Gasteiger partial charge is 0.00108 e. The monoisotopic (exact) mass is 234 g/mol. The fourth-order valence-corrected chi connectivity index (χ4v) is 2.96. The third-order valence-electron chi connectivity index (χ3n) is 3.95. The van der Waals surface area contributed by atoms with Crippen molar-refractivity contribution in [2.75, 3.05) is 0 Å². The molecule has 2 aromatic rings. The van der Waals surface area contributed by atoms with Crippen molar-refractivity contribution in [1.29, 1.82) is 0 Å². The molecule has 2 aromatic carbocycles. The summed E-state index contributed by atoms with van der Waals surface area (Å²) in [6, 6.07) is 15.5. The molecule has 0 aliphatic heterocycles. The number of allylic oxidation sites excluding steroid dienone is 2. The molecule has 0 bridgehead atoms. The van der Waals surface area contributed by atoms with Gasteiger partial charge >= 0.3 is 0 Å². The van der Waals surface area contributed by atoms with Gasteiger partial charge in [-0.2, -0.15) is 0 Å². The highest BCUT2D eigenvalue weighted by molar-refractivity contribution is 5.97. The molecular formula is C18H18. The van der Waals surface area contributed by atoms with Crippen LogP contribution >= 0.6 is 0 Å². The summed E-state index contributed by atoms with van der Waals surface area (Å²) in [7, 11) is 0. The maximum atomic E-state index is 2.26. The number of rotatable bonds is 1. The topological polar surface area (TPSA) is 0 Å². The Balaban J connectivity index is 2.12. The van der Waals surface area contributed by atoms with Crippen LogP contribution in [0.15, 0.2) is 42.5 Å². The molecule has 0 saturated carbocycles. The van der Waals surface area contributed by atoms with E-state index in [0.717, 1.165) is 6.42 Å². The first-order chi connectivity index (χ1) is 8.66. The quantitative estimate of drug-likeness (QED) is 0.665. The van der Waals surface area contributed by atoms with Gasteiger partial charge in [-0.1, -0.05) is 48.0 Å². The lowest BCUT2D eigenvalue weighted by Crippen LogP contribution is -1.86. The molecule has 0 amide bonds. The van der Waals surface area contributed by atoms with Crippen molar-refractivity contribution in [3.63, 3.8) is 0 Å². The fourth-order valence-electron chi connectivity index (χ4n) is 2.96. The van der Waals surface area contributed by atoms with Crippen LogP contribution in [-0.4, -0.2) is 0 Å². The predicted octanol–water partition coefficient (Wildman–Crippen LogP) is 4.79. The third kappa shape index (κ3) is 1.69. The van der Waals surface area contributed by atoms with Gasteiger partial charge in [-0.3, -0.25) is 0 Å². The molecule has 1 aliphatic rings. The van der Waals surface area contributed by atoms with Gasteiger partial charge < -0.3 is 0 Å². The first kappa shape index (κ1) is 11.3. The minimum absolute atomic E-state index is 1.08. The fraction of sp³-hybridized carbons (Fsp3) is 0.222. The normalized spacial score (nSPS) is 13.9. The van der Waals surface area contributed by atoms with Crippen LogP contribution in [0.3, 0.4) is 0 Å². The van der Waals surface area contributed by atoms with E-state index >= 15 is 0 Å². The molecule has 18 heavy (non-hydrogen) atoms. The molecule has 0 heteroatoms. The Morgan fingerprint density at radius 1 is 0.833 bits per heavy atom. The summed E-state index contributed by atoms with van der Waals surface area (Å²) < 4.78 is 0. The molecule has 0 heterocycles. The van der Waals surface area contributed by atoms with E-state index in [1.54, 1.807) is 0 Å². The standard InChI is InChI=1S/C18H18/c1-12-7-9-15(10-8-12)17-11-16-6-4-5-13(2)18(16)14(17)3/h4-10H,11H2,1-3H3. The molecule has 1 aliphatic carbocycles. The second-order valence-corrected chi connectivity index (χ2v) is 5.26. The van der Waals surface area contributed by atoms with Crippen LogP contribution in [0.25, 0.3) is 11.1 Å². The zero-order chi connectivity index (χ0) is 12.7. The Kier molecular flexibility index (Phi) is 2.59. The summed E-state index contributed by atoms with van der Waals surface area (Å²) >= 11 is 0. The lowest BCUT2D eigenvalue weighted by atomic mass is 9.99. The van der Waals surface area contributed by atoms with Crippen LogP contribution in [0.1, 0.15) is 34.7 Å². The Bertz CT molecular complexity index is 628. The largest absolute Gasteiger partial charge is 0.0617 e. The zero-order valence-electron chi connectivity index (χ0n) is 11.2. The Morgan fingerprint density at radius 2 is 1.56 bits per heavy atom. The van der Waals surface area contributed by atoms with Gasteiger partial charge in [0, 0.05) is 0 Å². The summed E-state index contributed by atoms with van der Waals surface area (Å²) in [5.74, 6) is 0. The summed E-state index contributed by atoms with van der Waals surface area (Å²) in [6.45, 7) is 6.60. The Morgan fingerprint density at radius 3 is 2.22 bits per heavy atom. The average Bonchev–Trinajstić information content (AvgIpc) is 2.69. The van der Waals surface area contributed by atoms with E-state index in [0.29, 0.717) is 0 Å². The van der Waals surface area contributed by atoms with Crippen molar-refractivity contribution >= 4 is 11.1 Å². The van der Waals surface area contributed by atoms with Crippen molar-refractivity contribution < 1.29 is 0 Å². The van der Waals surface area contributed by atoms with Crippen LogP contribution in [-0.2, 0) is 6.42 Å². The van der Waals surface area contributed by atoms with Gasteiger partial charge in [0.1, 0.15) is 0 Å². The molecule has 0 spiro atoms. The van der Waals surface area contributed by atoms with Crippen LogP contribution < -0.4 is 0 Å². The van der Waals surface area contributed by atoms with Crippen LogP contribution in [0, 0.1) is 13.8 Å². The lowest BCUT2D eigenvalue weighted by molar-refractivity contribution is 1.28. The van der Waals surface area contributed by atoms with Crippen molar-refractivity contribution in [2.24, 2.45) is 0 Å².